The van der Waals surface area contributed by atoms with Crippen LogP contribution in [0.1, 0.15) is 10.5 Å². The summed E-state index contributed by atoms with van der Waals surface area (Å²) in [6.07, 6.45) is 1.39. The van der Waals surface area contributed by atoms with E-state index in [0.29, 0.717) is 5.02 Å². The smallest absolute Gasteiger partial charge is 0.272 e. The molecule has 0 aliphatic heterocycles. The van der Waals surface area contributed by atoms with Crippen LogP contribution < -0.4 is 5.32 Å². The summed E-state index contributed by atoms with van der Waals surface area (Å²) < 4.78 is 27.2. The van der Waals surface area contributed by atoms with Crippen molar-refractivity contribution in [1.82, 2.24) is 4.98 Å². The van der Waals surface area contributed by atoms with Crippen LogP contribution in [0.2, 0.25) is 5.02 Å². The van der Waals surface area contributed by atoms with Gasteiger partial charge in [-0.3, -0.25) is 4.79 Å². The molecule has 3 nitrogen and oxygen atoms in total. The van der Waals surface area contributed by atoms with E-state index < -0.39 is 23.2 Å². The highest BCUT2D eigenvalue weighted by molar-refractivity contribution is 9.10. The van der Waals surface area contributed by atoms with Crippen LogP contribution in [-0.4, -0.2) is 10.9 Å². The third-order valence-electron chi connectivity index (χ3n) is 2.14. The van der Waals surface area contributed by atoms with E-state index in [0.717, 1.165) is 12.1 Å². The summed E-state index contributed by atoms with van der Waals surface area (Å²) in [5.41, 5.74) is -0.393. The van der Waals surface area contributed by atoms with E-state index in [1.165, 1.54) is 12.3 Å². The zero-order valence-electron chi connectivity index (χ0n) is 8.73. The maximum Gasteiger partial charge on any atom is 0.272 e. The van der Waals surface area contributed by atoms with E-state index in [-0.39, 0.29) is 10.2 Å². The van der Waals surface area contributed by atoms with Crippen molar-refractivity contribution in [3.05, 3.63) is 51.2 Å². The van der Waals surface area contributed by atoms with Crippen molar-refractivity contribution in [1.29, 1.82) is 0 Å². The topological polar surface area (TPSA) is 44.9 Å². The average Bonchev–Trinajstić information content (AvgIpc) is 2.70. The van der Waals surface area contributed by atoms with Gasteiger partial charge in [0.25, 0.3) is 5.91 Å². The van der Waals surface area contributed by atoms with Gasteiger partial charge >= 0.3 is 0 Å². The lowest BCUT2D eigenvalue weighted by Crippen LogP contribution is -2.14. The Kier molecular flexibility index (Phi) is 3.68. The number of hydrogen-bond acceptors (Lipinski definition) is 1. The third-order valence-corrected chi connectivity index (χ3v) is 2.81. The highest BCUT2D eigenvalue weighted by atomic mass is 79.9. The van der Waals surface area contributed by atoms with Gasteiger partial charge in [-0.05, 0) is 18.2 Å². The second-order valence-electron chi connectivity index (χ2n) is 3.43. The molecule has 0 fully saturated rings. The molecule has 94 valence electrons. The molecule has 1 aromatic heterocycles. The lowest BCUT2D eigenvalue weighted by molar-refractivity contribution is 0.102. The van der Waals surface area contributed by atoms with Gasteiger partial charge in [-0.25, -0.2) is 8.78 Å². The Labute approximate surface area is 114 Å². The Balaban J connectivity index is 2.27. The second kappa shape index (κ2) is 5.07. The number of aromatic amines is 1. The average molecular weight is 336 g/mol. The Morgan fingerprint density at radius 3 is 2.39 bits per heavy atom. The molecule has 18 heavy (non-hydrogen) atoms. The zero-order valence-corrected chi connectivity index (χ0v) is 11.1. The molecule has 0 aliphatic carbocycles. The minimum Gasteiger partial charge on any atom is -0.356 e. The minimum absolute atomic E-state index is 0.113. The molecule has 0 unspecified atom stereocenters. The first-order valence-electron chi connectivity index (χ1n) is 4.77. The molecule has 2 N–H and O–H groups in total. The number of halogens is 4. The number of carbonyl (C=O) groups is 1. The minimum atomic E-state index is -0.868. The standard InChI is InChI=1S/C11H6BrClF2N2O/c12-5-1-7(14)10(8(15)2-5)17-11(18)9-3-6(13)4-16-9/h1-4,16H,(H,17,18). The summed E-state index contributed by atoms with van der Waals surface area (Å²) in [6.45, 7) is 0. The first kappa shape index (κ1) is 13.0. The van der Waals surface area contributed by atoms with Crippen LogP contribution in [0, 0.1) is 11.6 Å². The van der Waals surface area contributed by atoms with Crippen LogP contribution in [0.4, 0.5) is 14.5 Å². The Morgan fingerprint density at radius 1 is 1.28 bits per heavy atom. The first-order valence-corrected chi connectivity index (χ1v) is 5.94. The molecule has 1 amide bonds. The van der Waals surface area contributed by atoms with Gasteiger partial charge in [0.2, 0.25) is 0 Å². The molecule has 0 spiro atoms. The molecule has 0 bridgehead atoms. The fourth-order valence-corrected chi connectivity index (χ4v) is 1.91. The van der Waals surface area contributed by atoms with Gasteiger partial charge in [-0.15, -0.1) is 0 Å². The quantitative estimate of drug-likeness (QED) is 0.857. The molecule has 2 rings (SSSR count). The van der Waals surface area contributed by atoms with Gasteiger partial charge in [0.05, 0.1) is 5.02 Å². The number of aromatic nitrogens is 1. The van der Waals surface area contributed by atoms with Gasteiger partial charge in [-0.1, -0.05) is 27.5 Å². The SMILES string of the molecule is O=C(Nc1c(F)cc(Br)cc1F)c1cc(Cl)c[nH]1. The second-order valence-corrected chi connectivity index (χ2v) is 4.78. The molecule has 0 saturated heterocycles. The summed E-state index contributed by atoms with van der Waals surface area (Å²) in [4.78, 5) is 14.2. The maximum absolute atomic E-state index is 13.5. The summed E-state index contributed by atoms with van der Waals surface area (Å²) in [7, 11) is 0. The molecule has 1 aromatic carbocycles. The van der Waals surface area contributed by atoms with Crippen molar-refractivity contribution < 1.29 is 13.6 Å². The van der Waals surface area contributed by atoms with Crippen LogP contribution in [0.5, 0.6) is 0 Å². The Hall–Kier alpha value is -1.40. The van der Waals surface area contributed by atoms with Crippen LogP contribution in [-0.2, 0) is 0 Å². The molecule has 7 heteroatoms. The predicted octanol–water partition coefficient (Wildman–Crippen LogP) is 3.96. The number of hydrogen-bond donors (Lipinski definition) is 2. The van der Waals surface area contributed by atoms with Gasteiger partial charge in [-0.2, -0.15) is 0 Å². The van der Waals surface area contributed by atoms with E-state index >= 15 is 0 Å². The van der Waals surface area contributed by atoms with Crippen LogP contribution >= 0.6 is 27.5 Å². The lowest BCUT2D eigenvalue weighted by Gasteiger charge is -2.07. The summed E-state index contributed by atoms with van der Waals surface area (Å²) in [6, 6.07) is 3.46. The fourth-order valence-electron chi connectivity index (χ4n) is 1.34. The lowest BCUT2D eigenvalue weighted by atomic mass is 10.2. The number of H-pyrrole nitrogens is 1. The van der Waals surface area contributed by atoms with Crippen LogP contribution in [0.25, 0.3) is 0 Å². The number of carbonyl (C=O) groups excluding carboxylic acids is 1. The van der Waals surface area contributed by atoms with Crippen molar-refractivity contribution in [3.63, 3.8) is 0 Å². The molecular weight excluding hydrogens is 329 g/mol. The van der Waals surface area contributed by atoms with Crippen molar-refractivity contribution in [2.45, 2.75) is 0 Å². The molecule has 0 saturated carbocycles. The van der Waals surface area contributed by atoms with Crippen LogP contribution in [0.3, 0.4) is 0 Å². The molecule has 2 aromatic rings. The fraction of sp³-hybridized carbons (Fsp3) is 0. The highest BCUT2D eigenvalue weighted by Crippen LogP contribution is 2.24. The first-order chi connectivity index (χ1) is 8.47. The summed E-state index contributed by atoms with van der Waals surface area (Å²) >= 11 is 8.57. The van der Waals surface area contributed by atoms with Gasteiger partial charge in [0, 0.05) is 10.7 Å². The van der Waals surface area contributed by atoms with E-state index in [9.17, 15) is 13.6 Å². The number of anilines is 1. The van der Waals surface area contributed by atoms with E-state index in [1.54, 1.807) is 0 Å². The van der Waals surface area contributed by atoms with Crippen molar-refractivity contribution in [2.24, 2.45) is 0 Å². The van der Waals surface area contributed by atoms with Crippen molar-refractivity contribution in [3.8, 4) is 0 Å². The Bertz CT molecular complexity index is 592. The summed E-state index contributed by atoms with van der Waals surface area (Å²) in [5.74, 6) is -2.41. The molecular formula is C11H6BrClF2N2O. The van der Waals surface area contributed by atoms with E-state index in [1.807, 2.05) is 0 Å². The molecule has 0 atom stereocenters. The van der Waals surface area contributed by atoms with E-state index in [2.05, 4.69) is 26.2 Å². The molecule has 0 aliphatic rings. The van der Waals surface area contributed by atoms with Gasteiger partial charge in [0.1, 0.15) is 11.4 Å². The van der Waals surface area contributed by atoms with E-state index in [4.69, 9.17) is 11.6 Å². The maximum atomic E-state index is 13.5. The molecule has 1 heterocycles. The number of benzene rings is 1. The Morgan fingerprint density at radius 2 is 1.89 bits per heavy atom. The highest BCUT2D eigenvalue weighted by Gasteiger charge is 2.15. The largest absolute Gasteiger partial charge is 0.356 e. The van der Waals surface area contributed by atoms with Crippen molar-refractivity contribution >= 4 is 39.1 Å². The monoisotopic (exact) mass is 334 g/mol. The normalized spacial score (nSPS) is 10.4. The number of nitrogens with one attached hydrogen (secondary N) is 2. The third kappa shape index (κ3) is 2.70. The number of rotatable bonds is 2. The van der Waals surface area contributed by atoms with Gasteiger partial charge in [0.15, 0.2) is 11.6 Å². The van der Waals surface area contributed by atoms with Crippen molar-refractivity contribution in [2.75, 3.05) is 5.32 Å². The zero-order chi connectivity index (χ0) is 13.3. The molecule has 0 radical (unpaired) electrons. The number of amides is 1. The summed E-state index contributed by atoms with van der Waals surface area (Å²) in [5, 5.41) is 2.47. The van der Waals surface area contributed by atoms with Crippen LogP contribution in [0.15, 0.2) is 28.9 Å². The van der Waals surface area contributed by atoms with Gasteiger partial charge < -0.3 is 10.3 Å². The predicted molar refractivity (Wildman–Crippen MR) is 67.8 cm³/mol.